The molecule has 0 saturated heterocycles. The number of nitrogens with zero attached hydrogens (tertiary/aromatic N) is 1. The largest absolute Gasteiger partial charge is 0.416 e. The van der Waals surface area contributed by atoms with E-state index in [9.17, 15) is 13.2 Å². The van der Waals surface area contributed by atoms with Crippen molar-refractivity contribution < 1.29 is 18.3 Å². The van der Waals surface area contributed by atoms with E-state index >= 15 is 0 Å². The highest BCUT2D eigenvalue weighted by atomic mass is 19.4. The first-order valence-corrected chi connectivity index (χ1v) is 5.65. The monoisotopic (exact) mass is 263 g/mol. The van der Waals surface area contributed by atoms with Gasteiger partial charge in [-0.25, -0.2) is 4.98 Å². The second-order valence-corrected chi connectivity index (χ2v) is 3.66. The van der Waals surface area contributed by atoms with Crippen LogP contribution in [-0.4, -0.2) is 29.8 Å². The maximum absolute atomic E-state index is 12.7. The Kier molecular flexibility index (Phi) is 5.21. The minimum Gasteiger partial charge on any atom is -0.396 e. The Bertz CT molecular complexity index is 382. The summed E-state index contributed by atoms with van der Waals surface area (Å²) < 4.78 is 38.0. The van der Waals surface area contributed by atoms with Crippen molar-refractivity contribution in [2.45, 2.75) is 19.5 Å². The predicted octanol–water partition coefficient (Wildman–Crippen LogP) is 2.33. The third kappa shape index (κ3) is 4.40. The zero-order valence-electron chi connectivity index (χ0n) is 10.0. The van der Waals surface area contributed by atoms with Gasteiger partial charge in [0.2, 0.25) is 0 Å². The van der Waals surface area contributed by atoms with E-state index in [0.29, 0.717) is 19.5 Å². The molecule has 1 aromatic heterocycles. The molecule has 0 saturated carbocycles. The number of pyridine rings is 1. The molecule has 0 aliphatic heterocycles. The van der Waals surface area contributed by atoms with Gasteiger partial charge in [0, 0.05) is 19.7 Å². The molecule has 3 N–H and O–H groups in total. The minimum atomic E-state index is -4.40. The summed E-state index contributed by atoms with van der Waals surface area (Å²) in [7, 11) is 0. The lowest BCUT2D eigenvalue weighted by Crippen LogP contribution is -2.11. The van der Waals surface area contributed by atoms with E-state index in [-0.39, 0.29) is 18.2 Å². The van der Waals surface area contributed by atoms with Crippen LogP contribution in [-0.2, 0) is 6.18 Å². The van der Waals surface area contributed by atoms with Crippen molar-refractivity contribution >= 4 is 11.6 Å². The van der Waals surface area contributed by atoms with Crippen LogP contribution in [0.5, 0.6) is 0 Å². The van der Waals surface area contributed by atoms with Crippen molar-refractivity contribution in [3.05, 3.63) is 17.7 Å². The predicted molar refractivity (Wildman–Crippen MR) is 63.6 cm³/mol. The Morgan fingerprint density at radius 1 is 1.22 bits per heavy atom. The van der Waals surface area contributed by atoms with Crippen LogP contribution in [0.3, 0.4) is 0 Å². The molecule has 0 radical (unpaired) electrons. The van der Waals surface area contributed by atoms with Gasteiger partial charge in [0.25, 0.3) is 0 Å². The lowest BCUT2D eigenvalue weighted by molar-refractivity contribution is -0.137. The summed E-state index contributed by atoms with van der Waals surface area (Å²) in [5.74, 6) is 0.327. The van der Waals surface area contributed by atoms with Gasteiger partial charge in [0.1, 0.15) is 11.6 Å². The molecule has 1 heterocycles. The van der Waals surface area contributed by atoms with Gasteiger partial charge < -0.3 is 15.7 Å². The van der Waals surface area contributed by atoms with E-state index in [1.54, 1.807) is 6.92 Å². The van der Waals surface area contributed by atoms with Gasteiger partial charge in [0.15, 0.2) is 0 Å². The molecule has 4 nitrogen and oxygen atoms in total. The molecule has 0 aliphatic carbocycles. The van der Waals surface area contributed by atoms with Crippen molar-refractivity contribution in [1.82, 2.24) is 4.98 Å². The number of aromatic nitrogens is 1. The van der Waals surface area contributed by atoms with Crippen LogP contribution in [0.4, 0.5) is 24.8 Å². The van der Waals surface area contributed by atoms with Gasteiger partial charge in [-0.1, -0.05) is 0 Å². The van der Waals surface area contributed by atoms with Gasteiger partial charge >= 0.3 is 6.18 Å². The summed E-state index contributed by atoms with van der Waals surface area (Å²) in [6, 6.07) is 1.93. The number of hydrogen-bond acceptors (Lipinski definition) is 4. The van der Waals surface area contributed by atoms with E-state index < -0.39 is 11.7 Å². The van der Waals surface area contributed by atoms with E-state index in [0.717, 1.165) is 12.1 Å². The molecule has 0 bridgehead atoms. The summed E-state index contributed by atoms with van der Waals surface area (Å²) in [4.78, 5) is 4.00. The van der Waals surface area contributed by atoms with Crippen LogP contribution in [0, 0.1) is 0 Å². The Morgan fingerprint density at radius 3 is 2.33 bits per heavy atom. The van der Waals surface area contributed by atoms with Crippen LogP contribution in [0.1, 0.15) is 18.9 Å². The molecule has 102 valence electrons. The smallest absolute Gasteiger partial charge is 0.396 e. The topological polar surface area (TPSA) is 57.2 Å². The average molecular weight is 263 g/mol. The molecule has 0 amide bonds. The second-order valence-electron chi connectivity index (χ2n) is 3.66. The standard InChI is InChI=1S/C11H16F3N3O/c1-2-15-9-6-8(11(12,13)14)7-10(17-9)16-4-3-5-18/h6-7,18H,2-5H2,1H3,(H2,15,16,17). The molecule has 1 rings (SSSR count). The van der Waals surface area contributed by atoms with Crippen LogP contribution >= 0.6 is 0 Å². The molecule has 0 atom stereocenters. The van der Waals surface area contributed by atoms with E-state index in [1.807, 2.05) is 0 Å². The number of aliphatic hydroxyl groups is 1. The van der Waals surface area contributed by atoms with Gasteiger partial charge in [0.05, 0.1) is 5.56 Å². The van der Waals surface area contributed by atoms with Crippen molar-refractivity contribution in [1.29, 1.82) is 0 Å². The van der Waals surface area contributed by atoms with Crippen LogP contribution in [0.2, 0.25) is 0 Å². The summed E-state index contributed by atoms with van der Waals surface area (Å²) in [5, 5.41) is 14.1. The van der Waals surface area contributed by atoms with Crippen molar-refractivity contribution in [3.8, 4) is 0 Å². The number of halogens is 3. The molecule has 0 spiro atoms. The number of nitrogens with one attached hydrogen (secondary N) is 2. The Morgan fingerprint density at radius 2 is 1.83 bits per heavy atom. The zero-order valence-corrected chi connectivity index (χ0v) is 10.0. The van der Waals surface area contributed by atoms with Crippen molar-refractivity contribution in [2.24, 2.45) is 0 Å². The Hall–Kier alpha value is -1.50. The maximum Gasteiger partial charge on any atom is 0.416 e. The summed E-state index contributed by atoms with van der Waals surface area (Å²) in [5.41, 5.74) is -0.750. The van der Waals surface area contributed by atoms with Crippen molar-refractivity contribution in [2.75, 3.05) is 30.3 Å². The molecule has 7 heteroatoms. The van der Waals surface area contributed by atoms with Crippen LogP contribution in [0.15, 0.2) is 12.1 Å². The molecule has 18 heavy (non-hydrogen) atoms. The average Bonchev–Trinajstić information content (AvgIpc) is 2.28. The zero-order chi connectivity index (χ0) is 13.6. The quantitative estimate of drug-likeness (QED) is 0.689. The molecule has 0 aromatic carbocycles. The fraction of sp³-hybridized carbons (Fsp3) is 0.545. The molecule has 0 aliphatic rings. The first kappa shape index (κ1) is 14.6. The molecular weight excluding hydrogens is 247 g/mol. The maximum atomic E-state index is 12.7. The highest BCUT2D eigenvalue weighted by Crippen LogP contribution is 2.31. The van der Waals surface area contributed by atoms with Gasteiger partial charge in [-0.15, -0.1) is 0 Å². The number of aliphatic hydroxyl groups excluding tert-OH is 1. The number of rotatable bonds is 6. The lowest BCUT2D eigenvalue weighted by Gasteiger charge is -2.13. The number of hydrogen-bond donors (Lipinski definition) is 3. The highest BCUT2D eigenvalue weighted by Gasteiger charge is 2.31. The third-order valence-corrected chi connectivity index (χ3v) is 2.15. The first-order chi connectivity index (χ1) is 8.47. The van der Waals surface area contributed by atoms with Crippen molar-refractivity contribution in [3.63, 3.8) is 0 Å². The number of anilines is 2. The van der Waals surface area contributed by atoms with Gasteiger partial charge in [-0.2, -0.15) is 13.2 Å². The lowest BCUT2D eigenvalue weighted by atomic mass is 10.2. The summed E-state index contributed by atoms with van der Waals surface area (Å²) >= 11 is 0. The minimum absolute atomic E-state index is 0.0218. The fourth-order valence-corrected chi connectivity index (χ4v) is 1.35. The summed E-state index contributed by atoms with van der Waals surface area (Å²) in [6.45, 7) is 2.62. The number of alkyl halides is 3. The SMILES string of the molecule is CCNc1cc(C(F)(F)F)cc(NCCCO)n1. The van der Waals surface area contributed by atoms with Crippen LogP contribution in [0.25, 0.3) is 0 Å². The molecule has 0 unspecified atom stereocenters. The molecular formula is C11H16F3N3O. The Labute approximate surface area is 103 Å². The fourth-order valence-electron chi connectivity index (χ4n) is 1.35. The molecule has 0 fully saturated rings. The van der Waals surface area contributed by atoms with E-state index in [1.165, 1.54) is 0 Å². The second kappa shape index (κ2) is 6.44. The van der Waals surface area contributed by atoms with E-state index in [2.05, 4.69) is 15.6 Å². The summed E-state index contributed by atoms with van der Waals surface area (Å²) in [6.07, 6.45) is -3.95. The van der Waals surface area contributed by atoms with Gasteiger partial charge in [-0.3, -0.25) is 0 Å². The van der Waals surface area contributed by atoms with Crippen LogP contribution < -0.4 is 10.6 Å². The molecule has 1 aromatic rings. The van der Waals surface area contributed by atoms with E-state index in [4.69, 9.17) is 5.11 Å². The highest BCUT2D eigenvalue weighted by molar-refractivity contribution is 5.49. The van der Waals surface area contributed by atoms with Gasteiger partial charge in [-0.05, 0) is 25.5 Å². The Balaban J connectivity index is 2.91. The normalized spacial score (nSPS) is 11.4. The third-order valence-electron chi connectivity index (χ3n) is 2.15. The first-order valence-electron chi connectivity index (χ1n) is 5.65.